The predicted octanol–water partition coefficient (Wildman–Crippen LogP) is 3.90. The standard InChI is InChI=1S/C18H18F2N2O2S2/c1-21-6-2-4-17(21)11-22(12-18-5-3-7-25-18)26(23,24)13-14-8-15(19)10-16(20)9-14/h2-10H,11-13H2,1H3. The van der Waals surface area contributed by atoms with Crippen molar-refractivity contribution in [2.45, 2.75) is 18.8 Å². The van der Waals surface area contributed by atoms with Gasteiger partial charge < -0.3 is 4.57 Å². The lowest BCUT2D eigenvalue weighted by molar-refractivity contribution is 0.394. The number of aromatic nitrogens is 1. The van der Waals surface area contributed by atoms with E-state index in [1.54, 1.807) is 0 Å². The Hall–Kier alpha value is -2.03. The van der Waals surface area contributed by atoms with E-state index in [9.17, 15) is 17.2 Å². The first-order valence-corrected chi connectivity index (χ1v) is 10.4. The molecule has 0 aliphatic heterocycles. The summed E-state index contributed by atoms with van der Waals surface area (Å²) in [5.41, 5.74) is 0.918. The number of thiophene rings is 1. The largest absolute Gasteiger partial charge is 0.353 e. The van der Waals surface area contributed by atoms with E-state index in [-0.39, 0.29) is 18.7 Å². The second kappa shape index (κ2) is 7.69. The quantitative estimate of drug-likeness (QED) is 0.608. The van der Waals surface area contributed by atoms with Gasteiger partial charge in [0.2, 0.25) is 10.0 Å². The van der Waals surface area contributed by atoms with Crippen LogP contribution in [0.4, 0.5) is 8.78 Å². The van der Waals surface area contributed by atoms with E-state index >= 15 is 0 Å². The zero-order chi connectivity index (χ0) is 18.7. The van der Waals surface area contributed by atoms with Crippen LogP contribution in [-0.4, -0.2) is 17.3 Å². The van der Waals surface area contributed by atoms with E-state index in [1.807, 2.05) is 47.5 Å². The summed E-state index contributed by atoms with van der Waals surface area (Å²) in [7, 11) is -1.94. The monoisotopic (exact) mass is 396 g/mol. The van der Waals surface area contributed by atoms with Crippen molar-refractivity contribution >= 4 is 21.4 Å². The molecule has 0 unspecified atom stereocenters. The minimum atomic E-state index is -3.78. The Labute approximate surface area is 155 Å². The normalized spacial score (nSPS) is 12.0. The molecule has 3 rings (SSSR count). The maximum Gasteiger partial charge on any atom is 0.218 e. The van der Waals surface area contributed by atoms with Gasteiger partial charge in [0.05, 0.1) is 12.3 Å². The van der Waals surface area contributed by atoms with Crippen molar-refractivity contribution in [3.8, 4) is 0 Å². The van der Waals surface area contributed by atoms with Gasteiger partial charge in [-0.15, -0.1) is 11.3 Å². The van der Waals surface area contributed by atoms with Gasteiger partial charge in [-0.1, -0.05) is 6.07 Å². The molecule has 3 aromatic rings. The van der Waals surface area contributed by atoms with Crippen molar-refractivity contribution in [2.75, 3.05) is 0 Å². The number of hydrogen-bond donors (Lipinski definition) is 0. The number of aryl methyl sites for hydroxylation is 1. The fraction of sp³-hybridized carbons (Fsp3) is 0.222. The minimum absolute atomic E-state index is 0.0885. The van der Waals surface area contributed by atoms with E-state index in [1.165, 1.54) is 15.6 Å². The van der Waals surface area contributed by atoms with Gasteiger partial charge in [-0.25, -0.2) is 17.2 Å². The third-order valence-electron chi connectivity index (χ3n) is 3.97. The van der Waals surface area contributed by atoms with E-state index in [0.29, 0.717) is 0 Å². The van der Waals surface area contributed by atoms with Crippen molar-refractivity contribution in [2.24, 2.45) is 7.05 Å². The SMILES string of the molecule is Cn1cccc1CN(Cc1cccs1)S(=O)(=O)Cc1cc(F)cc(F)c1. The summed E-state index contributed by atoms with van der Waals surface area (Å²) in [5.74, 6) is -2.04. The molecule has 2 aromatic heterocycles. The van der Waals surface area contributed by atoms with Crippen LogP contribution in [-0.2, 0) is 35.9 Å². The van der Waals surface area contributed by atoms with Crippen molar-refractivity contribution in [1.29, 1.82) is 0 Å². The maximum absolute atomic E-state index is 13.4. The second-order valence-electron chi connectivity index (χ2n) is 5.99. The molecule has 0 bridgehead atoms. The molecule has 0 fully saturated rings. The average Bonchev–Trinajstić information content (AvgIpc) is 3.17. The highest BCUT2D eigenvalue weighted by Gasteiger charge is 2.25. The molecule has 0 aliphatic carbocycles. The average molecular weight is 396 g/mol. The van der Waals surface area contributed by atoms with E-state index in [0.717, 1.165) is 28.8 Å². The lowest BCUT2D eigenvalue weighted by Gasteiger charge is -2.22. The van der Waals surface area contributed by atoms with Crippen LogP contribution in [0.1, 0.15) is 16.1 Å². The highest BCUT2D eigenvalue weighted by Crippen LogP contribution is 2.21. The first-order chi connectivity index (χ1) is 12.3. The molecular weight excluding hydrogens is 378 g/mol. The van der Waals surface area contributed by atoms with Crippen LogP contribution in [0.15, 0.2) is 54.0 Å². The Morgan fingerprint density at radius 2 is 1.81 bits per heavy atom. The van der Waals surface area contributed by atoms with Crippen molar-refractivity contribution in [1.82, 2.24) is 8.87 Å². The Morgan fingerprint density at radius 1 is 1.08 bits per heavy atom. The summed E-state index contributed by atoms with van der Waals surface area (Å²) in [5, 5.41) is 1.88. The first-order valence-electron chi connectivity index (χ1n) is 7.89. The molecule has 2 heterocycles. The second-order valence-corrected chi connectivity index (χ2v) is 8.99. The van der Waals surface area contributed by atoms with Gasteiger partial charge in [-0.2, -0.15) is 4.31 Å². The van der Waals surface area contributed by atoms with Gasteiger partial charge >= 0.3 is 0 Å². The zero-order valence-electron chi connectivity index (χ0n) is 14.1. The number of benzene rings is 1. The fourth-order valence-electron chi connectivity index (χ4n) is 2.67. The van der Waals surface area contributed by atoms with Crippen LogP contribution in [0.5, 0.6) is 0 Å². The Balaban J connectivity index is 1.89. The molecule has 138 valence electrons. The summed E-state index contributed by atoms with van der Waals surface area (Å²) < 4.78 is 56.0. The topological polar surface area (TPSA) is 42.3 Å². The molecule has 0 amide bonds. The van der Waals surface area contributed by atoms with Gasteiger partial charge in [0, 0.05) is 36.4 Å². The molecule has 0 aliphatic rings. The third-order valence-corrected chi connectivity index (χ3v) is 6.57. The van der Waals surface area contributed by atoms with Crippen LogP contribution in [0, 0.1) is 11.6 Å². The Bertz CT molecular complexity index is 962. The summed E-state index contributed by atoms with van der Waals surface area (Å²) in [6.07, 6.45) is 1.84. The fourth-order valence-corrected chi connectivity index (χ4v) is 4.90. The van der Waals surface area contributed by atoms with E-state index in [4.69, 9.17) is 0 Å². The molecule has 1 aromatic carbocycles. The van der Waals surface area contributed by atoms with Crippen LogP contribution < -0.4 is 0 Å². The van der Waals surface area contributed by atoms with Gasteiger partial charge in [-0.05, 0) is 41.3 Å². The zero-order valence-corrected chi connectivity index (χ0v) is 15.7. The molecule has 0 spiro atoms. The van der Waals surface area contributed by atoms with E-state index in [2.05, 4.69) is 0 Å². The van der Waals surface area contributed by atoms with Crippen LogP contribution in [0.3, 0.4) is 0 Å². The molecule has 0 saturated heterocycles. The Morgan fingerprint density at radius 3 is 2.38 bits per heavy atom. The first kappa shape index (κ1) is 18.8. The number of sulfonamides is 1. The minimum Gasteiger partial charge on any atom is -0.353 e. The highest BCUT2D eigenvalue weighted by molar-refractivity contribution is 7.88. The molecule has 8 heteroatoms. The van der Waals surface area contributed by atoms with Gasteiger partial charge in [0.25, 0.3) is 0 Å². The van der Waals surface area contributed by atoms with Gasteiger partial charge in [0.1, 0.15) is 11.6 Å². The molecule has 0 N–H and O–H groups in total. The maximum atomic E-state index is 13.4. The Kier molecular flexibility index (Phi) is 5.55. The number of hydrogen-bond acceptors (Lipinski definition) is 3. The summed E-state index contributed by atoms with van der Waals surface area (Å²) in [4.78, 5) is 0.896. The summed E-state index contributed by atoms with van der Waals surface area (Å²) in [6, 6.07) is 10.2. The van der Waals surface area contributed by atoms with Gasteiger partial charge in [-0.3, -0.25) is 0 Å². The molecule has 0 radical (unpaired) electrons. The van der Waals surface area contributed by atoms with Crippen molar-refractivity contribution in [3.05, 3.63) is 81.8 Å². The predicted molar refractivity (Wildman–Crippen MR) is 98.0 cm³/mol. The lowest BCUT2D eigenvalue weighted by atomic mass is 10.2. The smallest absolute Gasteiger partial charge is 0.218 e. The van der Waals surface area contributed by atoms with Crippen molar-refractivity contribution in [3.63, 3.8) is 0 Å². The number of halogens is 2. The van der Waals surface area contributed by atoms with Crippen LogP contribution in [0.2, 0.25) is 0 Å². The molecule has 4 nitrogen and oxygen atoms in total. The number of nitrogens with zero attached hydrogens (tertiary/aromatic N) is 2. The van der Waals surface area contributed by atoms with E-state index < -0.39 is 27.4 Å². The van der Waals surface area contributed by atoms with Crippen LogP contribution in [0.25, 0.3) is 0 Å². The molecule has 0 saturated carbocycles. The molecular formula is C18H18F2N2O2S2. The summed E-state index contributed by atoms with van der Waals surface area (Å²) in [6.45, 7) is 0.393. The molecule has 0 atom stereocenters. The van der Waals surface area contributed by atoms with Gasteiger partial charge in [0.15, 0.2) is 0 Å². The third kappa shape index (κ3) is 4.57. The molecule has 26 heavy (non-hydrogen) atoms. The number of rotatable bonds is 7. The van der Waals surface area contributed by atoms with Crippen molar-refractivity contribution < 1.29 is 17.2 Å². The highest BCUT2D eigenvalue weighted by atomic mass is 32.2. The van der Waals surface area contributed by atoms with Crippen LogP contribution >= 0.6 is 11.3 Å². The summed E-state index contributed by atoms with van der Waals surface area (Å²) >= 11 is 1.46. The lowest BCUT2D eigenvalue weighted by Crippen LogP contribution is -2.31.